The summed E-state index contributed by atoms with van der Waals surface area (Å²) in [6, 6.07) is 5.76. The Morgan fingerprint density at radius 1 is 1.40 bits per heavy atom. The Morgan fingerprint density at radius 2 is 2.20 bits per heavy atom. The van der Waals surface area contributed by atoms with Gasteiger partial charge in [0.25, 0.3) is 0 Å². The minimum absolute atomic E-state index is 0.0329. The lowest BCUT2D eigenvalue weighted by Crippen LogP contribution is -2.43. The third-order valence-corrected chi connectivity index (χ3v) is 4.61. The van der Waals surface area contributed by atoms with Gasteiger partial charge in [0, 0.05) is 6.04 Å². The molecule has 0 aromatic heterocycles. The maximum Gasteiger partial charge on any atom is 0.238 e. The monoisotopic (exact) mass is 314 g/mol. The molecule has 0 aliphatic carbocycles. The number of hydrogen-bond acceptors (Lipinski definition) is 2. The number of carbonyl (C=O) groups is 1. The van der Waals surface area contributed by atoms with Crippen molar-refractivity contribution in [2.24, 2.45) is 0 Å². The van der Waals surface area contributed by atoms with Crippen molar-refractivity contribution in [1.82, 2.24) is 4.90 Å². The summed E-state index contributed by atoms with van der Waals surface area (Å²) in [6.45, 7) is 3.59. The predicted octanol–water partition coefficient (Wildman–Crippen LogP) is 4.20. The number of anilines is 1. The van der Waals surface area contributed by atoms with Gasteiger partial charge in [0.05, 0.1) is 22.3 Å². The quantitative estimate of drug-likeness (QED) is 0.903. The van der Waals surface area contributed by atoms with E-state index in [1.807, 2.05) is 0 Å². The number of amides is 1. The van der Waals surface area contributed by atoms with E-state index in [0.29, 0.717) is 28.3 Å². The van der Waals surface area contributed by atoms with Crippen molar-refractivity contribution < 1.29 is 4.79 Å². The molecule has 1 heterocycles. The molecule has 0 spiro atoms. The predicted molar refractivity (Wildman–Crippen MR) is 84.6 cm³/mol. The van der Waals surface area contributed by atoms with E-state index in [-0.39, 0.29) is 5.91 Å². The largest absolute Gasteiger partial charge is 0.324 e. The Hall–Kier alpha value is -0.770. The van der Waals surface area contributed by atoms with E-state index in [1.54, 1.807) is 18.2 Å². The van der Waals surface area contributed by atoms with Gasteiger partial charge in [-0.15, -0.1) is 0 Å². The molecule has 2 rings (SSSR count). The molecule has 0 radical (unpaired) electrons. The molecule has 1 aliphatic rings. The summed E-state index contributed by atoms with van der Waals surface area (Å²) in [7, 11) is 0. The molecule has 3 nitrogen and oxygen atoms in total. The van der Waals surface area contributed by atoms with Crippen LogP contribution in [0.2, 0.25) is 10.0 Å². The lowest BCUT2D eigenvalue weighted by molar-refractivity contribution is -0.118. The highest BCUT2D eigenvalue weighted by Crippen LogP contribution is 2.29. The summed E-state index contributed by atoms with van der Waals surface area (Å²) in [5.74, 6) is -0.0329. The molecule has 1 atom stereocenters. The number of likely N-dealkylation sites (tertiary alicyclic amines) is 1. The van der Waals surface area contributed by atoms with E-state index in [4.69, 9.17) is 23.2 Å². The third-order valence-electron chi connectivity index (χ3n) is 3.79. The van der Waals surface area contributed by atoms with Crippen LogP contribution in [0.25, 0.3) is 0 Å². The maximum atomic E-state index is 12.2. The second-order valence-corrected chi connectivity index (χ2v) is 5.96. The fourth-order valence-electron chi connectivity index (χ4n) is 2.71. The van der Waals surface area contributed by atoms with Gasteiger partial charge in [-0.1, -0.05) is 42.6 Å². The van der Waals surface area contributed by atoms with Gasteiger partial charge in [-0.2, -0.15) is 0 Å². The molecule has 20 heavy (non-hydrogen) atoms. The molecule has 5 heteroatoms. The first-order valence-electron chi connectivity index (χ1n) is 7.09. The van der Waals surface area contributed by atoms with Crippen LogP contribution in [-0.4, -0.2) is 29.9 Å². The number of hydrogen-bond donors (Lipinski definition) is 1. The normalized spacial score (nSPS) is 19.9. The average Bonchev–Trinajstić information content (AvgIpc) is 2.44. The van der Waals surface area contributed by atoms with Gasteiger partial charge in [-0.25, -0.2) is 0 Å². The van der Waals surface area contributed by atoms with E-state index in [9.17, 15) is 4.79 Å². The van der Waals surface area contributed by atoms with Crippen molar-refractivity contribution in [2.45, 2.75) is 38.6 Å². The second-order valence-electron chi connectivity index (χ2n) is 5.18. The molecule has 0 saturated carbocycles. The first-order chi connectivity index (χ1) is 9.61. The number of rotatable bonds is 4. The summed E-state index contributed by atoms with van der Waals surface area (Å²) in [4.78, 5) is 14.4. The van der Waals surface area contributed by atoms with Crippen LogP contribution in [0.4, 0.5) is 5.69 Å². The van der Waals surface area contributed by atoms with Crippen molar-refractivity contribution in [2.75, 3.05) is 18.4 Å². The minimum atomic E-state index is -0.0329. The molecule has 1 fully saturated rings. The van der Waals surface area contributed by atoms with Gasteiger partial charge in [-0.05, 0) is 37.9 Å². The highest BCUT2D eigenvalue weighted by atomic mass is 35.5. The molecular weight excluding hydrogens is 295 g/mol. The molecule has 1 aromatic rings. The van der Waals surface area contributed by atoms with Gasteiger partial charge in [0.1, 0.15) is 0 Å². The van der Waals surface area contributed by atoms with Gasteiger partial charge in [0.15, 0.2) is 0 Å². The highest BCUT2D eigenvalue weighted by molar-refractivity contribution is 6.43. The van der Waals surface area contributed by atoms with Crippen LogP contribution >= 0.6 is 23.2 Å². The van der Waals surface area contributed by atoms with E-state index in [1.165, 1.54) is 19.3 Å². The van der Waals surface area contributed by atoms with Crippen LogP contribution in [0.3, 0.4) is 0 Å². The fourth-order valence-corrected chi connectivity index (χ4v) is 3.05. The van der Waals surface area contributed by atoms with Crippen LogP contribution in [0.1, 0.15) is 32.6 Å². The molecular formula is C15H20Cl2N2O. The number of piperidine rings is 1. The summed E-state index contributed by atoms with van der Waals surface area (Å²) in [6.07, 6.45) is 4.70. The molecule has 1 N–H and O–H groups in total. The van der Waals surface area contributed by atoms with Crippen LogP contribution in [0.5, 0.6) is 0 Å². The van der Waals surface area contributed by atoms with Crippen molar-refractivity contribution >= 4 is 34.8 Å². The first-order valence-corrected chi connectivity index (χ1v) is 7.85. The SMILES string of the molecule is CCC1CCCCN1CC(=O)Nc1cccc(Cl)c1Cl. The van der Waals surface area contributed by atoms with E-state index < -0.39 is 0 Å². The number of nitrogens with one attached hydrogen (secondary N) is 1. The smallest absolute Gasteiger partial charge is 0.238 e. The number of benzene rings is 1. The summed E-state index contributed by atoms with van der Waals surface area (Å²) in [5, 5.41) is 3.70. The lowest BCUT2D eigenvalue weighted by Gasteiger charge is -2.34. The Balaban J connectivity index is 1.96. The van der Waals surface area contributed by atoms with Crippen LogP contribution in [0.15, 0.2) is 18.2 Å². The average molecular weight is 315 g/mol. The van der Waals surface area contributed by atoms with Crippen molar-refractivity contribution in [3.63, 3.8) is 0 Å². The van der Waals surface area contributed by atoms with Crippen molar-refractivity contribution in [3.8, 4) is 0 Å². The standard InChI is InChI=1S/C15H20Cl2N2O/c1-2-11-6-3-4-9-19(11)10-14(20)18-13-8-5-7-12(16)15(13)17/h5,7-8,11H,2-4,6,9-10H2,1H3,(H,18,20). The van der Waals surface area contributed by atoms with E-state index in [2.05, 4.69) is 17.1 Å². The molecule has 1 aliphatic heterocycles. The zero-order valence-electron chi connectivity index (χ0n) is 11.7. The summed E-state index contributed by atoms with van der Waals surface area (Å²) < 4.78 is 0. The molecule has 0 bridgehead atoms. The molecule has 110 valence electrons. The molecule has 1 unspecified atom stereocenters. The van der Waals surface area contributed by atoms with Gasteiger partial charge < -0.3 is 5.32 Å². The van der Waals surface area contributed by atoms with Crippen LogP contribution < -0.4 is 5.32 Å². The Morgan fingerprint density at radius 3 is 2.95 bits per heavy atom. The third kappa shape index (κ3) is 3.87. The Kier molecular flexibility index (Phi) is 5.70. The zero-order valence-corrected chi connectivity index (χ0v) is 13.2. The topological polar surface area (TPSA) is 32.3 Å². The van der Waals surface area contributed by atoms with E-state index in [0.717, 1.165) is 13.0 Å². The van der Waals surface area contributed by atoms with Crippen LogP contribution in [-0.2, 0) is 4.79 Å². The van der Waals surface area contributed by atoms with Gasteiger partial charge in [0.2, 0.25) is 5.91 Å². The molecule has 1 amide bonds. The molecule has 1 aromatic carbocycles. The Bertz CT molecular complexity index is 479. The number of halogens is 2. The second kappa shape index (κ2) is 7.30. The highest BCUT2D eigenvalue weighted by Gasteiger charge is 2.22. The number of carbonyl (C=O) groups excluding carboxylic acids is 1. The minimum Gasteiger partial charge on any atom is -0.324 e. The van der Waals surface area contributed by atoms with Crippen LogP contribution in [0, 0.1) is 0 Å². The molecule has 1 saturated heterocycles. The summed E-state index contributed by atoms with van der Waals surface area (Å²) in [5.41, 5.74) is 0.578. The first kappa shape index (κ1) is 15.6. The lowest BCUT2D eigenvalue weighted by atomic mass is 10.00. The zero-order chi connectivity index (χ0) is 14.5. The van der Waals surface area contributed by atoms with E-state index >= 15 is 0 Å². The van der Waals surface area contributed by atoms with Gasteiger partial charge in [-0.3, -0.25) is 9.69 Å². The fraction of sp³-hybridized carbons (Fsp3) is 0.533. The van der Waals surface area contributed by atoms with Crippen molar-refractivity contribution in [1.29, 1.82) is 0 Å². The van der Waals surface area contributed by atoms with Gasteiger partial charge >= 0.3 is 0 Å². The Labute approximate surface area is 130 Å². The maximum absolute atomic E-state index is 12.2. The summed E-state index contributed by atoms with van der Waals surface area (Å²) >= 11 is 12.0. The number of nitrogens with zero attached hydrogens (tertiary/aromatic N) is 1. The van der Waals surface area contributed by atoms with Crippen molar-refractivity contribution in [3.05, 3.63) is 28.2 Å².